The molecule has 0 bridgehead atoms. The van der Waals surface area contributed by atoms with E-state index in [1.165, 1.54) is 19.3 Å². The standard InChI is InChI=1S/C13H17N3O/c17-12-5-3-7-16-9-11(15-13(12)16)8-10-4-1-2-6-14-10/h3,5,7,9-10,14,17H,1-2,4,6,8H2. The van der Waals surface area contributed by atoms with Crippen molar-refractivity contribution in [2.24, 2.45) is 0 Å². The quantitative estimate of drug-likeness (QED) is 0.827. The first kappa shape index (κ1) is 10.6. The molecule has 0 saturated carbocycles. The second kappa shape index (κ2) is 4.37. The Bertz CT molecular complexity index is 514. The Morgan fingerprint density at radius 3 is 3.18 bits per heavy atom. The van der Waals surface area contributed by atoms with E-state index in [9.17, 15) is 5.11 Å². The number of pyridine rings is 1. The normalized spacial score (nSPS) is 20.8. The SMILES string of the molecule is Oc1cccn2cc(CC3CCCCN3)nc12. The van der Waals surface area contributed by atoms with Gasteiger partial charge in [-0.2, -0.15) is 0 Å². The largest absolute Gasteiger partial charge is 0.504 e. The van der Waals surface area contributed by atoms with Gasteiger partial charge >= 0.3 is 0 Å². The number of nitrogens with zero attached hydrogens (tertiary/aromatic N) is 2. The zero-order chi connectivity index (χ0) is 11.7. The van der Waals surface area contributed by atoms with Crippen LogP contribution in [0, 0.1) is 0 Å². The molecule has 2 N–H and O–H groups in total. The number of piperidine rings is 1. The third kappa shape index (κ3) is 2.13. The fourth-order valence-electron chi connectivity index (χ4n) is 2.50. The van der Waals surface area contributed by atoms with Crippen LogP contribution in [0.15, 0.2) is 24.5 Å². The smallest absolute Gasteiger partial charge is 0.179 e. The summed E-state index contributed by atoms with van der Waals surface area (Å²) in [6.45, 7) is 1.11. The molecule has 4 nitrogen and oxygen atoms in total. The van der Waals surface area contributed by atoms with Gasteiger partial charge in [0.2, 0.25) is 0 Å². The number of imidazole rings is 1. The van der Waals surface area contributed by atoms with Gasteiger partial charge < -0.3 is 14.8 Å². The topological polar surface area (TPSA) is 49.6 Å². The van der Waals surface area contributed by atoms with Gasteiger partial charge in [-0.1, -0.05) is 6.42 Å². The maximum atomic E-state index is 9.69. The van der Waals surface area contributed by atoms with Gasteiger partial charge in [0.25, 0.3) is 0 Å². The van der Waals surface area contributed by atoms with Crippen LogP contribution < -0.4 is 5.32 Å². The summed E-state index contributed by atoms with van der Waals surface area (Å²) in [5.41, 5.74) is 1.70. The maximum absolute atomic E-state index is 9.69. The van der Waals surface area contributed by atoms with Gasteiger partial charge in [-0.15, -0.1) is 0 Å². The molecule has 3 rings (SSSR count). The average molecular weight is 231 g/mol. The molecule has 1 fully saturated rings. The molecule has 0 amide bonds. The van der Waals surface area contributed by atoms with Crippen molar-refractivity contribution in [3.63, 3.8) is 0 Å². The van der Waals surface area contributed by atoms with Crippen molar-refractivity contribution in [3.05, 3.63) is 30.2 Å². The highest BCUT2D eigenvalue weighted by atomic mass is 16.3. The van der Waals surface area contributed by atoms with Crippen LogP contribution in [-0.2, 0) is 6.42 Å². The zero-order valence-electron chi connectivity index (χ0n) is 9.76. The monoisotopic (exact) mass is 231 g/mol. The lowest BCUT2D eigenvalue weighted by Crippen LogP contribution is -2.35. The van der Waals surface area contributed by atoms with E-state index in [2.05, 4.69) is 10.3 Å². The molecule has 2 aromatic rings. The summed E-state index contributed by atoms with van der Waals surface area (Å²) in [5, 5.41) is 13.2. The second-order valence-electron chi connectivity index (χ2n) is 4.71. The van der Waals surface area contributed by atoms with Crippen molar-refractivity contribution >= 4 is 5.65 Å². The lowest BCUT2D eigenvalue weighted by molar-refractivity contribution is 0.397. The molecule has 1 saturated heterocycles. The molecule has 1 unspecified atom stereocenters. The van der Waals surface area contributed by atoms with Gasteiger partial charge in [0.15, 0.2) is 11.4 Å². The first-order valence-corrected chi connectivity index (χ1v) is 6.22. The zero-order valence-corrected chi connectivity index (χ0v) is 9.76. The number of hydrogen-bond donors (Lipinski definition) is 2. The van der Waals surface area contributed by atoms with Gasteiger partial charge in [0.1, 0.15) is 0 Å². The van der Waals surface area contributed by atoms with Crippen LogP contribution in [0.2, 0.25) is 0 Å². The fourth-order valence-corrected chi connectivity index (χ4v) is 2.50. The molecule has 90 valence electrons. The lowest BCUT2D eigenvalue weighted by atomic mass is 10.0. The first-order chi connectivity index (χ1) is 8.33. The van der Waals surface area contributed by atoms with Crippen LogP contribution in [-0.4, -0.2) is 27.1 Å². The second-order valence-corrected chi connectivity index (χ2v) is 4.71. The van der Waals surface area contributed by atoms with E-state index >= 15 is 0 Å². The van der Waals surface area contributed by atoms with E-state index in [0.29, 0.717) is 11.7 Å². The van der Waals surface area contributed by atoms with E-state index in [1.54, 1.807) is 6.07 Å². The first-order valence-electron chi connectivity index (χ1n) is 6.22. The van der Waals surface area contributed by atoms with Crippen molar-refractivity contribution < 1.29 is 5.11 Å². The van der Waals surface area contributed by atoms with E-state index in [4.69, 9.17) is 0 Å². The summed E-state index contributed by atoms with van der Waals surface area (Å²) >= 11 is 0. The molecule has 0 radical (unpaired) electrons. The van der Waals surface area contributed by atoms with Crippen LogP contribution in [0.25, 0.3) is 5.65 Å². The Morgan fingerprint density at radius 2 is 2.41 bits per heavy atom. The number of hydrogen-bond acceptors (Lipinski definition) is 3. The highest BCUT2D eigenvalue weighted by Gasteiger charge is 2.15. The van der Waals surface area contributed by atoms with Gasteiger partial charge in [-0.25, -0.2) is 4.98 Å². The molecule has 0 spiro atoms. The Labute approximate surface area is 100 Å². The Morgan fingerprint density at radius 1 is 1.47 bits per heavy atom. The minimum absolute atomic E-state index is 0.246. The molecule has 0 aromatic carbocycles. The highest BCUT2D eigenvalue weighted by Crippen LogP contribution is 2.18. The number of fused-ring (bicyclic) bond motifs is 1. The predicted octanol–water partition coefficient (Wildman–Crippen LogP) is 1.72. The van der Waals surface area contributed by atoms with Gasteiger partial charge in [0.05, 0.1) is 5.69 Å². The van der Waals surface area contributed by atoms with Gasteiger partial charge in [-0.3, -0.25) is 0 Å². The highest BCUT2D eigenvalue weighted by molar-refractivity contribution is 5.53. The van der Waals surface area contributed by atoms with E-state index in [0.717, 1.165) is 18.7 Å². The molecule has 3 heterocycles. The number of aromatic nitrogens is 2. The Kier molecular flexibility index (Phi) is 2.73. The lowest BCUT2D eigenvalue weighted by Gasteiger charge is -2.22. The van der Waals surface area contributed by atoms with E-state index in [-0.39, 0.29) is 5.75 Å². The van der Waals surface area contributed by atoms with Crippen molar-refractivity contribution in [2.45, 2.75) is 31.7 Å². The van der Waals surface area contributed by atoms with Crippen LogP contribution in [0.1, 0.15) is 25.0 Å². The van der Waals surface area contributed by atoms with Crippen molar-refractivity contribution in [1.82, 2.24) is 14.7 Å². The fraction of sp³-hybridized carbons (Fsp3) is 0.462. The molecule has 1 aliphatic rings. The molecular formula is C13H17N3O. The molecule has 17 heavy (non-hydrogen) atoms. The molecule has 1 aliphatic heterocycles. The molecule has 1 atom stereocenters. The third-order valence-corrected chi connectivity index (χ3v) is 3.38. The Hall–Kier alpha value is -1.55. The van der Waals surface area contributed by atoms with E-state index in [1.807, 2.05) is 22.9 Å². The maximum Gasteiger partial charge on any atom is 0.179 e. The summed E-state index contributed by atoms with van der Waals surface area (Å²) in [4.78, 5) is 4.48. The molecule has 2 aromatic heterocycles. The van der Waals surface area contributed by atoms with E-state index < -0.39 is 0 Å². The molecule has 4 heteroatoms. The predicted molar refractivity (Wildman–Crippen MR) is 66.2 cm³/mol. The number of aromatic hydroxyl groups is 1. The number of nitrogens with one attached hydrogen (secondary N) is 1. The molecule has 0 aliphatic carbocycles. The van der Waals surface area contributed by atoms with Crippen LogP contribution in [0.5, 0.6) is 5.75 Å². The third-order valence-electron chi connectivity index (χ3n) is 3.38. The van der Waals surface area contributed by atoms with Crippen molar-refractivity contribution in [2.75, 3.05) is 6.54 Å². The minimum Gasteiger partial charge on any atom is -0.504 e. The van der Waals surface area contributed by atoms with Crippen LogP contribution in [0.4, 0.5) is 0 Å². The summed E-state index contributed by atoms with van der Waals surface area (Å²) in [6.07, 6.45) is 8.67. The van der Waals surface area contributed by atoms with Crippen molar-refractivity contribution in [3.8, 4) is 5.75 Å². The summed E-state index contributed by atoms with van der Waals surface area (Å²) in [7, 11) is 0. The van der Waals surface area contributed by atoms with Crippen LogP contribution in [0.3, 0.4) is 0 Å². The van der Waals surface area contributed by atoms with Gasteiger partial charge in [-0.05, 0) is 31.5 Å². The van der Waals surface area contributed by atoms with Crippen molar-refractivity contribution in [1.29, 1.82) is 0 Å². The summed E-state index contributed by atoms with van der Waals surface area (Å²) in [5.74, 6) is 0.246. The summed E-state index contributed by atoms with van der Waals surface area (Å²) in [6, 6.07) is 4.04. The Balaban J connectivity index is 1.83. The number of rotatable bonds is 2. The molecular weight excluding hydrogens is 214 g/mol. The van der Waals surface area contributed by atoms with Crippen LogP contribution >= 0.6 is 0 Å². The average Bonchev–Trinajstić information content (AvgIpc) is 2.74. The van der Waals surface area contributed by atoms with Gasteiger partial charge in [0, 0.05) is 24.9 Å². The minimum atomic E-state index is 0.246. The summed E-state index contributed by atoms with van der Waals surface area (Å²) < 4.78 is 1.88.